The predicted molar refractivity (Wildman–Crippen MR) is 102 cm³/mol. The van der Waals surface area contributed by atoms with Crippen molar-refractivity contribution in [2.24, 2.45) is 0 Å². The number of nitrogens with zero attached hydrogens (tertiary/aromatic N) is 1. The monoisotopic (exact) mass is 401 g/mol. The maximum Gasteiger partial charge on any atom is 0.266 e. The van der Waals surface area contributed by atoms with E-state index in [2.05, 4.69) is 0 Å². The summed E-state index contributed by atoms with van der Waals surface area (Å²) in [5.74, 6) is 1.99. The van der Waals surface area contributed by atoms with E-state index >= 15 is 0 Å². The second-order valence-electron chi connectivity index (χ2n) is 7.18. The van der Waals surface area contributed by atoms with E-state index in [9.17, 15) is 4.79 Å². The summed E-state index contributed by atoms with van der Waals surface area (Å²) in [6.07, 6.45) is 1.49. The van der Waals surface area contributed by atoms with Crippen LogP contribution >= 0.6 is 11.6 Å². The molecule has 6 nitrogen and oxygen atoms in total. The number of likely N-dealkylation sites (tertiary alicyclic amines) is 1. The van der Waals surface area contributed by atoms with Gasteiger partial charge in [0, 0.05) is 18.2 Å². The van der Waals surface area contributed by atoms with Gasteiger partial charge in [0.05, 0.1) is 6.10 Å². The standard InChI is InChI=1S/C21H20ClNO5/c22-14-4-6-15(7-5-14)28-20-19(13-3-8-17-18(10-13)27-12-26-17)23(21(20)24)11-16-2-1-9-25-16/h3-8,10,16,19-20H,1-2,9,11-12H2/t16-,19-,20-/m0/s1. The van der Waals surface area contributed by atoms with Crippen LogP contribution in [0.5, 0.6) is 17.2 Å². The first-order chi connectivity index (χ1) is 13.7. The van der Waals surface area contributed by atoms with Gasteiger partial charge in [0.1, 0.15) is 11.8 Å². The molecular formula is C21H20ClNO5. The number of hydrogen-bond acceptors (Lipinski definition) is 5. The van der Waals surface area contributed by atoms with Gasteiger partial charge in [-0.15, -0.1) is 0 Å². The Bertz CT molecular complexity index is 881. The molecule has 3 aliphatic heterocycles. The summed E-state index contributed by atoms with van der Waals surface area (Å²) in [7, 11) is 0. The van der Waals surface area contributed by atoms with Gasteiger partial charge >= 0.3 is 0 Å². The third-order valence-electron chi connectivity index (χ3n) is 5.39. The predicted octanol–water partition coefficient (Wildman–Crippen LogP) is 3.58. The Morgan fingerprint density at radius 2 is 1.93 bits per heavy atom. The maximum atomic E-state index is 12.9. The molecule has 2 saturated heterocycles. The largest absolute Gasteiger partial charge is 0.478 e. The van der Waals surface area contributed by atoms with Gasteiger partial charge in [0.15, 0.2) is 11.5 Å². The average molecular weight is 402 g/mol. The zero-order valence-electron chi connectivity index (χ0n) is 15.2. The average Bonchev–Trinajstić information content (AvgIpc) is 3.39. The molecule has 1 amide bonds. The van der Waals surface area contributed by atoms with E-state index in [0.29, 0.717) is 23.1 Å². The summed E-state index contributed by atoms with van der Waals surface area (Å²) in [4.78, 5) is 14.7. The van der Waals surface area contributed by atoms with Gasteiger partial charge < -0.3 is 23.8 Å². The Morgan fingerprint density at radius 1 is 1.11 bits per heavy atom. The summed E-state index contributed by atoms with van der Waals surface area (Å²) in [5.41, 5.74) is 0.959. The van der Waals surface area contributed by atoms with Crippen molar-refractivity contribution in [3.63, 3.8) is 0 Å². The van der Waals surface area contributed by atoms with Crippen molar-refractivity contribution < 1.29 is 23.7 Å². The molecule has 2 aromatic carbocycles. The second-order valence-corrected chi connectivity index (χ2v) is 7.61. The molecule has 0 aromatic heterocycles. The summed E-state index contributed by atoms with van der Waals surface area (Å²) in [6.45, 7) is 1.54. The number of carbonyl (C=O) groups excluding carboxylic acids is 1. The molecule has 2 aromatic rings. The molecular weight excluding hydrogens is 382 g/mol. The number of hydrogen-bond donors (Lipinski definition) is 0. The summed E-state index contributed by atoms with van der Waals surface area (Å²) >= 11 is 5.95. The molecule has 3 aliphatic rings. The van der Waals surface area contributed by atoms with Crippen LogP contribution in [0.3, 0.4) is 0 Å². The van der Waals surface area contributed by atoms with Crippen LogP contribution in [-0.4, -0.2) is 43.0 Å². The first kappa shape index (κ1) is 17.6. The van der Waals surface area contributed by atoms with Gasteiger partial charge in [-0.2, -0.15) is 0 Å². The number of amides is 1. The van der Waals surface area contributed by atoms with Gasteiger partial charge in [-0.05, 0) is 54.8 Å². The summed E-state index contributed by atoms with van der Waals surface area (Å²) < 4.78 is 22.7. The SMILES string of the molecule is O=C1[C@@H](Oc2ccc(Cl)cc2)[C@H](c2ccc3c(c2)OCO3)N1C[C@@H]1CCCO1. The minimum absolute atomic E-state index is 0.0342. The van der Waals surface area contributed by atoms with Crippen molar-refractivity contribution in [2.45, 2.75) is 31.1 Å². The Morgan fingerprint density at radius 3 is 2.71 bits per heavy atom. The van der Waals surface area contributed by atoms with Crippen LogP contribution in [0.1, 0.15) is 24.4 Å². The minimum atomic E-state index is -0.594. The van der Waals surface area contributed by atoms with Gasteiger partial charge in [0.25, 0.3) is 5.91 Å². The fourth-order valence-electron chi connectivity index (χ4n) is 3.95. The number of fused-ring (bicyclic) bond motifs is 1. The third-order valence-corrected chi connectivity index (χ3v) is 5.64. The Balaban J connectivity index is 1.41. The first-order valence-electron chi connectivity index (χ1n) is 9.43. The van der Waals surface area contributed by atoms with Crippen molar-refractivity contribution in [3.8, 4) is 17.2 Å². The molecule has 0 spiro atoms. The van der Waals surface area contributed by atoms with Crippen molar-refractivity contribution >= 4 is 17.5 Å². The van der Waals surface area contributed by atoms with E-state index in [1.165, 1.54) is 0 Å². The highest BCUT2D eigenvalue weighted by Crippen LogP contribution is 2.42. The smallest absolute Gasteiger partial charge is 0.266 e. The Hall–Kier alpha value is -2.44. The molecule has 28 heavy (non-hydrogen) atoms. The Kier molecular flexibility index (Phi) is 4.53. The van der Waals surface area contributed by atoms with E-state index in [1.807, 2.05) is 23.1 Å². The summed E-state index contributed by atoms with van der Waals surface area (Å²) in [6, 6.07) is 12.6. The van der Waals surface area contributed by atoms with Crippen molar-refractivity contribution in [2.75, 3.05) is 19.9 Å². The van der Waals surface area contributed by atoms with Crippen LogP contribution in [0.4, 0.5) is 0 Å². The molecule has 3 heterocycles. The van der Waals surface area contributed by atoms with Crippen LogP contribution in [0.2, 0.25) is 5.02 Å². The van der Waals surface area contributed by atoms with E-state index in [-0.39, 0.29) is 24.8 Å². The quantitative estimate of drug-likeness (QED) is 0.717. The van der Waals surface area contributed by atoms with Crippen LogP contribution in [0.15, 0.2) is 42.5 Å². The van der Waals surface area contributed by atoms with E-state index in [0.717, 1.165) is 30.8 Å². The van der Waals surface area contributed by atoms with Crippen molar-refractivity contribution in [3.05, 3.63) is 53.1 Å². The highest BCUT2D eigenvalue weighted by molar-refractivity contribution is 6.30. The summed E-state index contributed by atoms with van der Waals surface area (Å²) in [5, 5.41) is 0.625. The molecule has 0 bridgehead atoms. The number of carbonyl (C=O) groups is 1. The molecule has 146 valence electrons. The molecule has 0 aliphatic carbocycles. The van der Waals surface area contributed by atoms with Gasteiger partial charge in [-0.1, -0.05) is 17.7 Å². The van der Waals surface area contributed by atoms with E-state index in [4.69, 9.17) is 30.5 Å². The van der Waals surface area contributed by atoms with Crippen molar-refractivity contribution in [1.29, 1.82) is 0 Å². The first-order valence-corrected chi connectivity index (χ1v) is 9.81. The third kappa shape index (κ3) is 3.16. The number of rotatable bonds is 5. The lowest BCUT2D eigenvalue weighted by Gasteiger charge is -2.47. The molecule has 0 unspecified atom stereocenters. The molecule has 3 atom stereocenters. The number of ether oxygens (including phenoxy) is 4. The normalized spacial score (nSPS) is 25.7. The maximum absolute atomic E-state index is 12.9. The molecule has 5 rings (SSSR count). The lowest BCUT2D eigenvalue weighted by molar-refractivity contribution is -0.167. The molecule has 0 saturated carbocycles. The minimum Gasteiger partial charge on any atom is -0.478 e. The number of benzene rings is 2. The molecule has 7 heteroatoms. The van der Waals surface area contributed by atoms with Crippen LogP contribution < -0.4 is 14.2 Å². The number of halogens is 1. The molecule has 0 N–H and O–H groups in total. The zero-order chi connectivity index (χ0) is 19.1. The number of β-lactam (4-membered cyclic amide) rings is 1. The molecule has 0 radical (unpaired) electrons. The highest BCUT2D eigenvalue weighted by Gasteiger charge is 2.51. The van der Waals surface area contributed by atoms with E-state index in [1.54, 1.807) is 24.3 Å². The Labute approximate surface area is 167 Å². The second kappa shape index (κ2) is 7.18. The van der Waals surface area contributed by atoms with Gasteiger partial charge in [0.2, 0.25) is 12.9 Å². The van der Waals surface area contributed by atoms with E-state index < -0.39 is 6.10 Å². The lowest BCUT2D eigenvalue weighted by Crippen LogP contribution is -2.62. The van der Waals surface area contributed by atoms with Crippen LogP contribution in [-0.2, 0) is 9.53 Å². The zero-order valence-corrected chi connectivity index (χ0v) is 15.9. The van der Waals surface area contributed by atoms with Crippen LogP contribution in [0.25, 0.3) is 0 Å². The highest BCUT2D eigenvalue weighted by atomic mass is 35.5. The van der Waals surface area contributed by atoms with Crippen molar-refractivity contribution in [1.82, 2.24) is 4.90 Å². The lowest BCUT2D eigenvalue weighted by atomic mass is 9.89. The van der Waals surface area contributed by atoms with Gasteiger partial charge in [-0.3, -0.25) is 4.79 Å². The van der Waals surface area contributed by atoms with Crippen LogP contribution in [0, 0.1) is 0 Å². The fourth-order valence-corrected chi connectivity index (χ4v) is 4.08. The van der Waals surface area contributed by atoms with Gasteiger partial charge in [-0.25, -0.2) is 0 Å². The fraction of sp³-hybridized carbons (Fsp3) is 0.381. The topological polar surface area (TPSA) is 57.2 Å². The molecule has 2 fully saturated rings.